The summed E-state index contributed by atoms with van der Waals surface area (Å²) in [7, 11) is 1.63. The van der Waals surface area contributed by atoms with Crippen molar-refractivity contribution in [2.45, 2.75) is 45.2 Å². The number of furan rings is 1. The van der Waals surface area contributed by atoms with E-state index in [9.17, 15) is 10.2 Å². The highest BCUT2D eigenvalue weighted by Crippen LogP contribution is 2.20. The van der Waals surface area contributed by atoms with E-state index >= 15 is 0 Å². The molecule has 0 aromatic carbocycles. The third kappa shape index (κ3) is 4.54. The Hall–Kier alpha value is -0.920. The molecule has 0 radical (unpaired) electrons. The summed E-state index contributed by atoms with van der Waals surface area (Å²) in [5, 5.41) is 20.1. The Kier molecular flexibility index (Phi) is 6.40. The van der Waals surface area contributed by atoms with Crippen molar-refractivity contribution < 1.29 is 24.1 Å². The van der Waals surface area contributed by atoms with E-state index < -0.39 is 12.2 Å². The fraction of sp³-hybridized carbons (Fsp3) is 0.750. The normalized spacial score (nSPS) is 26.0. The van der Waals surface area contributed by atoms with Gasteiger partial charge in [0.15, 0.2) is 0 Å². The van der Waals surface area contributed by atoms with E-state index in [1.807, 2.05) is 12.1 Å². The van der Waals surface area contributed by atoms with Gasteiger partial charge >= 0.3 is 0 Å². The van der Waals surface area contributed by atoms with E-state index in [4.69, 9.17) is 13.9 Å². The lowest BCUT2D eigenvalue weighted by Crippen LogP contribution is -2.56. The zero-order valence-corrected chi connectivity index (χ0v) is 13.6. The average Bonchev–Trinajstić information content (AvgIpc) is 2.88. The fourth-order valence-corrected chi connectivity index (χ4v) is 2.80. The predicted molar refractivity (Wildman–Crippen MR) is 81.3 cm³/mol. The highest BCUT2D eigenvalue weighted by Gasteiger charge is 2.35. The zero-order chi connectivity index (χ0) is 16.1. The molecule has 0 spiro atoms. The first-order chi connectivity index (χ1) is 10.5. The van der Waals surface area contributed by atoms with Gasteiger partial charge in [-0.15, -0.1) is 0 Å². The summed E-state index contributed by atoms with van der Waals surface area (Å²) in [6, 6.07) is 3.59. The maximum atomic E-state index is 10.3. The SMILES string of the molecule is COCc1ccc(CN(CC(C)C)[C@@H]2COC[C@@H](O)[C@H]2O)o1. The van der Waals surface area contributed by atoms with Gasteiger partial charge in [-0.25, -0.2) is 0 Å². The predicted octanol–water partition coefficient (Wildman–Crippen LogP) is 1.00. The van der Waals surface area contributed by atoms with Crippen molar-refractivity contribution in [3.05, 3.63) is 23.7 Å². The lowest BCUT2D eigenvalue weighted by atomic mass is 10.0. The maximum absolute atomic E-state index is 10.3. The molecule has 1 aromatic heterocycles. The zero-order valence-electron chi connectivity index (χ0n) is 13.6. The van der Waals surface area contributed by atoms with Crippen molar-refractivity contribution >= 4 is 0 Å². The van der Waals surface area contributed by atoms with Crippen LogP contribution >= 0.6 is 0 Å². The molecule has 6 heteroatoms. The highest BCUT2D eigenvalue weighted by molar-refractivity contribution is 5.07. The minimum atomic E-state index is -0.839. The lowest BCUT2D eigenvalue weighted by Gasteiger charge is -2.40. The summed E-state index contributed by atoms with van der Waals surface area (Å²) in [6.07, 6.45) is -1.64. The van der Waals surface area contributed by atoms with Crippen molar-refractivity contribution in [3.63, 3.8) is 0 Å². The van der Waals surface area contributed by atoms with Crippen LogP contribution < -0.4 is 0 Å². The molecule has 1 fully saturated rings. The lowest BCUT2D eigenvalue weighted by molar-refractivity contribution is -0.136. The molecule has 22 heavy (non-hydrogen) atoms. The van der Waals surface area contributed by atoms with Crippen LogP contribution in [0.4, 0.5) is 0 Å². The first-order valence-electron chi connectivity index (χ1n) is 7.75. The molecule has 2 N–H and O–H groups in total. The van der Waals surface area contributed by atoms with Crippen LogP contribution in [0.1, 0.15) is 25.4 Å². The number of nitrogens with zero attached hydrogens (tertiary/aromatic N) is 1. The average molecular weight is 313 g/mol. The van der Waals surface area contributed by atoms with E-state index in [0.29, 0.717) is 25.7 Å². The second-order valence-electron chi connectivity index (χ2n) is 6.29. The minimum absolute atomic E-state index is 0.186. The molecule has 0 amide bonds. The van der Waals surface area contributed by atoms with Gasteiger partial charge in [0.25, 0.3) is 0 Å². The standard InChI is InChI=1S/C16H27NO5/c1-11(2)6-17(14-9-21-10-15(18)16(14)19)7-12-4-5-13(22-12)8-20-3/h4-5,11,14-16,18-19H,6-10H2,1-3H3/t14-,15-,16+/m1/s1. The van der Waals surface area contributed by atoms with Crippen LogP contribution in [0, 0.1) is 5.92 Å². The van der Waals surface area contributed by atoms with Crippen LogP contribution in [0.3, 0.4) is 0 Å². The smallest absolute Gasteiger partial charge is 0.129 e. The first kappa shape index (κ1) is 17.4. The molecule has 1 aliphatic rings. The molecule has 0 saturated carbocycles. The van der Waals surface area contributed by atoms with Crippen molar-refractivity contribution in [1.82, 2.24) is 4.90 Å². The third-order valence-electron chi connectivity index (χ3n) is 3.80. The molecule has 3 atom stereocenters. The second-order valence-corrected chi connectivity index (χ2v) is 6.29. The van der Waals surface area contributed by atoms with Gasteiger partial charge in [-0.3, -0.25) is 4.90 Å². The number of rotatable bonds is 7. The van der Waals surface area contributed by atoms with Gasteiger partial charge in [0, 0.05) is 13.7 Å². The molecule has 0 aliphatic carbocycles. The second kappa shape index (κ2) is 8.08. The van der Waals surface area contributed by atoms with Gasteiger partial charge in [-0.1, -0.05) is 13.8 Å². The van der Waals surface area contributed by atoms with Gasteiger partial charge in [0.1, 0.15) is 24.2 Å². The van der Waals surface area contributed by atoms with Crippen molar-refractivity contribution in [2.75, 3.05) is 26.9 Å². The summed E-state index contributed by atoms with van der Waals surface area (Å²) in [4.78, 5) is 2.12. The van der Waals surface area contributed by atoms with Gasteiger partial charge in [-0.2, -0.15) is 0 Å². The highest BCUT2D eigenvalue weighted by atomic mass is 16.5. The number of methoxy groups -OCH3 is 1. The summed E-state index contributed by atoms with van der Waals surface area (Å²) < 4.78 is 16.2. The van der Waals surface area contributed by atoms with E-state index in [2.05, 4.69) is 18.7 Å². The van der Waals surface area contributed by atoms with Crippen LogP contribution in [-0.4, -0.2) is 60.2 Å². The Bertz CT molecular complexity index is 447. The number of hydrogen-bond acceptors (Lipinski definition) is 6. The molecule has 6 nitrogen and oxygen atoms in total. The number of ether oxygens (including phenoxy) is 2. The first-order valence-corrected chi connectivity index (χ1v) is 7.75. The van der Waals surface area contributed by atoms with Crippen LogP contribution in [0.2, 0.25) is 0 Å². The largest absolute Gasteiger partial charge is 0.462 e. The topological polar surface area (TPSA) is 75.3 Å². The van der Waals surface area contributed by atoms with Gasteiger partial charge in [0.05, 0.1) is 31.9 Å². The number of hydrogen-bond donors (Lipinski definition) is 2. The quantitative estimate of drug-likeness (QED) is 0.782. The molecular formula is C16H27NO5. The third-order valence-corrected chi connectivity index (χ3v) is 3.80. The van der Waals surface area contributed by atoms with Gasteiger partial charge in [-0.05, 0) is 18.1 Å². The fourth-order valence-electron chi connectivity index (χ4n) is 2.80. The van der Waals surface area contributed by atoms with Crippen LogP contribution in [-0.2, 0) is 22.6 Å². The monoisotopic (exact) mass is 313 g/mol. The van der Waals surface area contributed by atoms with Crippen molar-refractivity contribution in [2.24, 2.45) is 5.92 Å². The van der Waals surface area contributed by atoms with E-state index in [0.717, 1.165) is 18.1 Å². The molecule has 0 bridgehead atoms. The number of aliphatic hydroxyl groups is 2. The Morgan fingerprint density at radius 3 is 2.68 bits per heavy atom. The van der Waals surface area contributed by atoms with Gasteiger partial charge < -0.3 is 24.1 Å². The van der Waals surface area contributed by atoms with E-state index in [1.54, 1.807) is 7.11 Å². The Morgan fingerprint density at radius 2 is 2.00 bits per heavy atom. The Labute approximate surface area is 131 Å². The van der Waals surface area contributed by atoms with Crippen LogP contribution in [0.15, 0.2) is 16.5 Å². The molecule has 2 heterocycles. The van der Waals surface area contributed by atoms with Crippen LogP contribution in [0.5, 0.6) is 0 Å². The Balaban J connectivity index is 2.07. The van der Waals surface area contributed by atoms with E-state index in [1.165, 1.54) is 0 Å². The molecule has 1 aromatic rings. The molecule has 1 aliphatic heterocycles. The molecule has 2 rings (SSSR count). The van der Waals surface area contributed by atoms with Gasteiger partial charge in [0.2, 0.25) is 0 Å². The molecule has 0 unspecified atom stereocenters. The van der Waals surface area contributed by atoms with Crippen molar-refractivity contribution in [1.29, 1.82) is 0 Å². The van der Waals surface area contributed by atoms with E-state index in [-0.39, 0.29) is 12.6 Å². The molecule has 1 saturated heterocycles. The Morgan fingerprint density at radius 1 is 1.27 bits per heavy atom. The summed E-state index contributed by atoms with van der Waals surface area (Å²) in [5.74, 6) is 2.03. The van der Waals surface area contributed by atoms with Crippen molar-refractivity contribution in [3.8, 4) is 0 Å². The molecular weight excluding hydrogens is 286 g/mol. The van der Waals surface area contributed by atoms with Crippen LogP contribution in [0.25, 0.3) is 0 Å². The summed E-state index contributed by atoms with van der Waals surface area (Å²) >= 11 is 0. The maximum Gasteiger partial charge on any atom is 0.129 e. The molecule has 126 valence electrons. The number of aliphatic hydroxyl groups excluding tert-OH is 2. The summed E-state index contributed by atoms with van der Waals surface area (Å²) in [5.41, 5.74) is 0. The summed E-state index contributed by atoms with van der Waals surface area (Å²) in [6.45, 7) is 6.65. The minimum Gasteiger partial charge on any atom is -0.462 e.